The van der Waals surface area contributed by atoms with Crippen molar-refractivity contribution in [2.45, 2.75) is 27.2 Å². The number of rotatable bonds is 1. The lowest BCUT2D eigenvalue weighted by Gasteiger charge is -2.16. The zero-order valence-corrected chi connectivity index (χ0v) is 7.63. The highest BCUT2D eigenvalue weighted by molar-refractivity contribution is 5.04. The minimum atomic E-state index is -0.660. The molecule has 0 unspecified atom stereocenters. The van der Waals surface area contributed by atoms with Gasteiger partial charge in [0.2, 0.25) is 0 Å². The molecule has 0 aromatic carbocycles. The molecule has 0 atom stereocenters. The molecule has 0 N–H and O–H groups in total. The molecule has 0 bridgehead atoms. The highest BCUT2D eigenvalue weighted by Gasteiger charge is 2.11. The summed E-state index contributed by atoms with van der Waals surface area (Å²) in [5.41, 5.74) is 1.17. The number of halogens is 1. The summed E-state index contributed by atoms with van der Waals surface area (Å²) in [4.78, 5) is 6.97. The van der Waals surface area contributed by atoms with Crippen LogP contribution in [0, 0.1) is 11.5 Å². The SMILES string of the molecule is CC(C)(C)Cc1cnc(F)nc1. The molecule has 12 heavy (non-hydrogen) atoms. The summed E-state index contributed by atoms with van der Waals surface area (Å²) < 4.78 is 12.3. The normalized spacial score (nSPS) is 11.7. The molecule has 0 aliphatic heterocycles. The van der Waals surface area contributed by atoms with Crippen molar-refractivity contribution in [1.82, 2.24) is 9.97 Å². The first kappa shape index (κ1) is 9.10. The molecule has 66 valence electrons. The Morgan fingerprint density at radius 1 is 1.25 bits per heavy atom. The van der Waals surface area contributed by atoms with Gasteiger partial charge < -0.3 is 0 Å². The summed E-state index contributed by atoms with van der Waals surface area (Å²) in [7, 11) is 0. The molecule has 2 nitrogen and oxygen atoms in total. The van der Waals surface area contributed by atoms with E-state index < -0.39 is 6.08 Å². The van der Waals surface area contributed by atoms with Gasteiger partial charge in [0.1, 0.15) is 0 Å². The van der Waals surface area contributed by atoms with Crippen molar-refractivity contribution in [1.29, 1.82) is 0 Å². The Kier molecular flexibility index (Phi) is 2.40. The summed E-state index contributed by atoms with van der Waals surface area (Å²) in [6.45, 7) is 6.36. The van der Waals surface area contributed by atoms with E-state index >= 15 is 0 Å². The standard InChI is InChI=1S/C9H13FN2/c1-9(2,3)4-7-5-11-8(10)12-6-7/h5-6H,4H2,1-3H3. The van der Waals surface area contributed by atoms with E-state index in [2.05, 4.69) is 30.7 Å². The molecule has 0 amide bonds. The van der Waals surface area contributed by atoms with Crippen molar-refractivity contribution in [3.8, 4) is 0 Å². The fourth-order valence-electron chi connectivity index (χ4n) is 1.04. The first-order valence-electron chi connectivity index (χ1n) is 3.94. The molecule has 0 spiro atoms. The van der Waals surface area contributed by atoms with Gasteiger partial charge >= 0.3 is 6.08 Å². The Bertz CT molecular complexity index is 248. The maximum absolute atomic E-state index is 12.3. The van der Waals surface area contributed by atoms with Crippen LogP contribution < -0.4 is 0 Å². The van der Waals surface area contributed by atoms with E-state index in [1.54, 1.807) is 0 Å². The molecule has 0 aliphatic carbocycles. The molecule has 1 rings (SSSR count). The van der Waals surface area contributed by atoms with Crippen LogP contribution in [0.1, 0.15) is 26.3 Å². The molecule has 1 heterocycles. The van der Waals surface area contributed by atoms with Gasteiger partial charge in [0.15, 0.2) is 0 Å². The Hall–Kier alpha value is -0.990. The number of hydrogen-bond donors (Lipinski definition) is 0. The fraction of sp³-hybridized carbons (Fsp3) is 0.556. The number of nitrogens with zero attached hydrogens (tertiary/aromatic N) is 2. The summed E-state index contributed by atoms with van der Waals surface area (Å²) in [6.07, 6.45) is 3.28. The van der Waals surface area contributed by atoms with E-state index in [0.29, 0.717) is 0 Å². The third-order valence-electron chi connectivity index (χ3n) is 1.41. The topological polar surface area (TPSA) is 25.8 Å². The van der Waals surface area contributed by atoms with Gasteiger partial charge in [0, 0.05) is 12.4 Å². The average molecular weight is 168 g/mol. The van der Waals surface area contributed by atoms with Gasteiger partial charge in [-0.05, 0) is 17.4 Å². The van der Waals surface area contributed by atoms with Crippen molar-refractivity contribution >= 4 is 0 Å². The van der Waals surface area contributed by atoms with E-state index in [9.17, 15) is 4.39 Å². The minimum Gasteiger partial charge on any atom is -0.211 e. The van der Waals surface area contributed by atoms with Crippen LogP contribution in [0.4, 0.5) is 4.39 Å². The van der Waals surface area contributed by atoms with Gasteiger partial charge in [-0.2, -0.15) is 4.39 Å². The van der Waals surface area contributed by atoms with Gasteiger partial charge in [-0.25, -0.2) is 9.97 Å². The Morgan fingerprint density at radius 2 is 1.75 bits per heavy atom. The predicted molar refractivity (Wildman–Crippen MR) is 45.1 cm³/mol. The van der Waals surface area contributed by atoms with E-state index in [1.807, 2.05) is 0 Å². The number of hydrogen-bond acceptors (Lipinski definition) is 2. The lowest BCUT2D eigenvalue weighted by atomic mass is 9.89. The van der Waals surface area contributed by atoms with Crippen molar-refractivity contribution in [2.24, 2.45) is 5.41 Å². The maximum atomic E-state index is 12.3. The second kappa shape index (κ2) is 3.17. The summed E-state index contributed by atoms with van der Waals surface area (Å²) in [5, 5.41) is 0. The summed E-state index contributed by atoms with van der Waals surface area (Å²) >= 11 is 0. The molecule has 0 radical (unpaired) electrons. The van der Waals surface area contributed by atoms with E-state index in [0.717, 1.165) is 12.0 Å². The molecule has 1 aromatic rings. The quantitative estimate of drug-likeness (QED) is 0.601. The minimum absolute atomic E-state index is 0.196. The van der Waals surface area contributed by atoms with Crippen molar-refractivity contribution in [3.63, 3.8) is 0 Å². The van der Waals surface area contributed by atoms with Crippen LogP contribution >= 0.6 is 0 Å². The van der Waals surface area contributed by atoms with E-state index in [-0.39, 0.29) is 5.41 Å². The second-order valence-electron chi connectivity index (χ2n) is 4.10. The average Bonchev–Trinajstić information content (AvgIpc) is 1.91. The summed E-state index contributed by atoms with van der Waals surface area (Å²) in [5.74, 6) is 0. The first-order chi connectivity index (χ1) is 5.47. The zero-order chi connectivity index (χ0) is 9.19. The van der Waals surface area contributed by atoms with Gasteiger partial charge in [-0.1, -0.05) is 20.8 Å². The molecule has 1 aromatic heterocycles. The van der Waals surface area contributed by atoms with Gasteiger partial charge in [0.05, 0.1) is 0 Å². The van der Waals surface area contributed by atoms with Gasteiger partial charge in [-0.3, -0.25) is 0 Å². The zero-order valence-electron chi connectivity index (χ0n) is 7.63. The second-order valence-corrected chi connectivity index (χ2v) is 4.10. The van der Waals surface area contributed by atoms with Crippen LogP contribution in [-0.4, -0.2) is 9.97 Å². The van der Waals surface area contributed by atoms with E-state index in [1.165, 1.54) is 12.4 Å². The largest absolute Gasteiger partial charge is 0.308 e. The van der Waals surface area contributed by atoms with Crippen molar-refractivity contribution in [3.05, 3.63) is 24.0 Å². The summed E-state index contributed by atoms with van der Waals surface area (Å²) in [6, 6.07) is 0. The smallest absolute Gasteiger partial charge is 0.211 e. The maximum Gasteiger partial charge on any atom is 0.308 e. The lowest BCUT2D eigenvalue weighted by molar-refractivity contribution is 0.408. The first-order valence-corrected chi connectivity index (χ1v) is 3.94. The van der Waals surface area contributed by atoms with Crippen LogP contribution in [0.25, 0.3) is 0 Å². The fourth-order valence-corrected chi connectivity index (χ4v) is 1.04. The molecular formula is C9H13FN2. The van der Waals surface area contributed by atoms with Crippen LogP contribution in [0.15, 0.2) is 12.4 Å². The molecule has 3 heteroatoms. The number of aromatic nitrogens is 2. The Labute approximate surface area is 71.9 Å². The van der Waals surface area contributed by atoms with Gasteiger partial charge in [0.25, 0.3) is 0 Å². The predicted octanol–water partition coefficient (Wildman–Crippen LogP) is 2.20. The monoisotopic (exact) mass is 168 g/mol. The third kappa shape index (κ3) is 2.95. The lowest BCUT2D eigenvalue weighted by Crippen LogP contribution is -2.09. The van der Waals surface area contributed by atoms with Crippen LogP contribution in [0.5, 0.6) is 0 Å². The third-order valence-corrected chi connectivity index (χ3v) is 1.41. The van der Waals surface area contributed by atoms with Crippen LogP contribution in [-0.2, 0) is 6.42 Å². The van der Waals surface area contributed by atoms with E-state index in [4.69, 9.17) is 0 Å². The van der Waals surface area contributed by atoms with Crippen molar-refractivity contribution in [2.75, 3.05) is 0 Å². The molecule has 0 aliphatic rings. The molecule has 0 saturated heterocycles. The van der Waals surface area contributed by atoms with Crippen LogP contribution in [0.2, 0.25) is 0 Å². The molecule has 0 fully saturated rings. The molecular weight excluding hydrogens is 155 g/mol. The van der Waals surface area contributed by atoms with Crippen LogP contribution in [0.3, 0.4) is 0 Å². The van der Waals surface area contributed by atoms with Crippen molar-refractivity contribution < 1.29 is 4.39 Å². The van der Waals surface area contributed by atoms with Gasteiger partial charge in [-0.15, -0.1) is 0 Å². The molecule has 0 saturated carbocycles. The Balaban J connectivity index is 2.71. The highest BCUT2D eigenvalue weighted by atomic mass is 19.1. The Morgan fingerprint density at radius 3 is 2.17 bits per heavy atom. The highest BCUT2D eigenvalue weighted by Crippen LogP contribution is 2.19.